The Morgan fingerprint density at radius 2 is 2.05 bits per heavy atom. The monoisotopic (exact) mass is 517 g/mol. The third-order valence-electron chi connectivity index (χ3n) is 7.09. The van der Waals surface area contributed by atoms with Gasteiger partial charge in [-0.05, 0) is 44.7 Å². The smallest absolute Gasteiger partial charge is 0.263 e. The first-order chi connectivity index (χ1) is 18.6. The van der Waals surface area contributed by atoms with E-state index in [1.807, 2.05) is 25.3 Å². The Hall–Kier alpha value is -3.56. The van der Waals surface area contributed by atoms with Gasteiger partial charge in [-0.1, -0.05) is 18.9 Å². The highest BCUT2D eigenvalue weighted by Crippen LogP contribution is 2.34. The van der Waals surface area contributed by atoms with Crippen LogP contribution in [-0.4, -0.2) is 52.1 Å². The van der Waals surface area contributed by atoms with Gasteiger partial charge in [0.15, 0.2) is 0 Å². The Kier molecular flexibility index (Phi) is 8.45. The second-order valence-corrected chi connectivity index (χ2v) is 9.85. The summed E-state index contributed by atoms with van der Waals surface area (Å²) < 4.78 is 16.4. The number of ether oxygens (including phenoxy) is 2. The topological polar surface area (TPSA) is 115 Å². The summed E-state index contributed by atoms with van der Waals surface area (Å²) in [6, 6.07) is 8.64. The average molecular weight is 518 g/mol. The summed E-state index contributed by atoms with van der Waals surface area (Å²) >= 11 is 0. The summed E-state index contributed by atoms with van der Waals surface area (Å²) in [5.74, 6) is 1.82. The molecule has 38 heavy (non-hydrogen) atoms. The summed E-state index contributed by atoms with van der Waals surface area (Å²) in [5.41, 5.74) is 3.75. The van der Waals surface area contributed by atoms with Gasteiger partial charge in [0.25, 0.3) is 5.89 Å². The molecule has 1 fully saturated rings. The first kappa shape index (κ1) is 26.1. The van der Waals surface area contributed by atoms with E-state index in [9.17, 15) is 4.79 Å². The number of nitrogens with zero attached hydrogens (tertiary/aromatic N) is 3. The number of aromatic nitrogens is 4. The number of benzene rings is 1. The summed E-state index contributed by atoms with van der Waals surface area (Å²) in [6.07, 6.45) is 10.9. The maximum absolute atomic E-state index is 12.2. The van der Waals surface area contributed by atoms with Crippen LogP contribution in [0.1, 0.15) is 73.2 Å². The molecule has 1 aromatic carbocycles. The Balaban J connectivity index is 1.29. The van der Waals surface area contributed by atoms with Gasteiger partial charge in [0.1, 0.15) is 17.8 Å². The summed E-state index contributed by atoms with van der Waals surface area (Å²) in [7, 11) is 1.68. The van der Waals surface area contributed by atoms with E-state index >= 15 is 0 Å². The number of rotatable bonds is 12. The molecule has 1 unspecified atom stereocenters. The Morgan fingerprint density at radius 1 is 1.18 bits per heavy atom. The van der Waals surface area contributed by atoms with Gasteiger partial charge < -0.3 is 24.2 Å². The van der Waals surface area contributed by atoms with Crippen LogP contribution in [0.4, 0.5) is 0 Å². The maximum atomic E-state index is 12.2. The van der Waals surface area contributed by atoms with Crippen LogP contribution in [0.2, 0.25) is 0 Å². The van der Waals surface area contributed by atoms with E-state index in [4.69, 9.17) is 18.9 Å². The molecule has 1 atom stereocenters. The van der Waals surface area contributed by atoms with Crippen molar-refractivity contribution in [3.8, 4) is 17.0 Å². The number of carbonyl (C=O) groups excluding carboxylic acids is 1. The van der Waals surface area contributed by atoms with Gasteiger partial charge >= 0.3 is 0 Å². The van der Waals surface area contributed by atoms with Crippen LogP contribution < -0.4 is 10.1 Å². The number of carbonyl (C=O) groups is 1. The zero-order chi connectivity index (χ0) is 26.3. The van der Waals surface area contributed by atoms with Gasteiger partial charge in [-0.25, -0.2) is 9.97 Å². The number of nitrogens with one attached hydrogen (secondary N) is 2. The number of methoxy groups -OCH3 is 1. The molecule has 4 heterocycles. The van der Waals surface area contributed by atoms with E-state index in [0.29, 0.717) is 12.5 Å². The third kappa shape index (κ3) is 6.28. The van der Waals surface area contributed by atoms with Crippen LogP contribution in [0.15, 0.2) is 47.3 Å². The molecule has 0 spiro atoms. The fraction of sp³-hybridized carbons (Fsp3) is 0.448. The normalized spacial score (nSPS) is 15.1. The number of pyridine rings is 1. The molecule has 0 saturated carbocycles. The lowest BCUT2D eigenvalue weighted by atomic mass is 10.0. The van der Waals surface area contributed by atoms with Crippen LogP contribution in [-0.2, 0) is 4.74 Å². The van der Waals surface area contributed by atoms with Crippen LogP contribution in [0.25, 0.3) is 22.2 Å². The molecule has 4 aromatic rings. The first-order valence-corrected chi connectivity index (χ1v) is 13.4. The van der Waals surface area contributed by atoms with E-state index in [1.165, 1.54) is 12.5 Å². The number of hydrogen-bond donors (Lipinski definition) is 2. The molecule has 1 saturated heterocycles. The van der Waals surface area contributed by atoms with Crippen LogP contribution in [0.3, 0.4) is 0 Å². The number of aryl methyl sites for hydroxylation is 1. The van der Waals surface area contributed by atoms with Crippen LogP contribution in [0, 0.1) is 6.92 Å². The Labute approximate surface area is 222 Å². The molecule has 1 aliphatic rings. The molecule has 5 rings (SSSR count). The zero-order valence-corrected chi connectivity index (χ0v) is 22.0. The molecule has 2 N–H and O–H groups in total. The van der Waals surface area contributed by atoms with Crippen LogP contribution in [0.5, 0.6) is 5.75 Å². The van der Waals surface area contributed by atoms with Crippen molar-refractivity contribution >= 4 is 16.7 Å². The lowest BCUT2D eigenvalue weighted by Gasteiger charge is -2.28. The number of unbranched alkanes of at least 4 members (excludes halogenated alkanes) is 2. The van der Waals surface area contributed by atoms with Crippen LogP contribution >= 0.6 is 0 Å². The van der Waals surface area contributed by atoms with Gasteiger partial charge in [0, 0.05) is 48.4 Å². The lowest BCUT2D eigenvalue weighted by Crippen LogP contribution is -2.37. The van der Waals surface area contributed by atoms with Crippen molar-refractivity contribution in [1.29, 1.82) is 0 Å². The van der Waals surface area contributed by atoms with Gasteiger partial charge in [0.2, 0.25) is 5.78 Å². The molecule has 200 valence electrons. The SMILES string of the molecule is COc1cc2nc(C)ccc2cc1-c1cnc(C(CCCCCC(=O)c2ncco2)NC2CCOCC2)[nH]1. The van der Waals surface area contributed by atoms with Gasteiger partial charge in [-0.15, -0.1) is 0 Å². The molecular weight excluding hydrogens is 482 g/mol. The van der Waals surface area contributed by atoms with Crippen molar-refractivity contribution in [3.05, 3.63) is 60.3 Å². The number of fused-ring (bicyclic) bond motifs is 1. The summed E-state index contributed by atoms with van der Waals surface area (Å²) in [4.78, 5) is 29.1. The molecule has 1 aliphatic heterocycles. The minimum Gasteiger partial charge on any atom is -0.496 e. The number of hydrogen-bond acceptors (Lipinski definition) is 8. The Bertz CT molecular complexity index is 1340. The quantitative estimate of drug-likeness (QED) is 0.185. The van der Waals surface area contributed by atoms with Crippen molar-refractivity contribution in [3.63, 3.8) is 0 Å². The van der Waals surface area contributed by atoms with E-state index in [-0.39, 0.29) is 17.7 Å². The van der Waals surface area contributed by atoms with E-state index in [0.717, 1.165) is 91.2 Å². The average Bonchev–Trinajstić information content (AvgIpc) is 3.65. The molecule has 9 heteroatoms. The lowest BCUT2D eigenvalue weighted by molar-refractivity contribution is 0.0740. The molecule has 0 bridgehead atoms. The van der Waals surface area contributed by atoms with Gasteiger partial charge in [-0.3, -0.25) is 9.78 Å². The fourth-order valence-electron chi connectivity index (χ4n) is 5.01. The number of imidazole rings is 1. The first-order valence-electron chi connectivity index (χ1n) is 13.4. The molecule has 0 radical (unpaired) electrons. The van der Waals surface area contributed by atoms with Crippen molar-refractivity contribution in [1.82, 2.24) is 25.3 Å². The number of H-pyrrole nitrogens is 1. The van der Waals surface area contributed by atoms with Gasteiger partial charge in [0.05, 0.1) is 36.8 Å². The minimum absolute atomic E-state index is 0.0442. The third-order valence-corrected chi connectivity index (χ3v) is 7.09. The standard InChI is InChI=1S/C29H35N5O4/c1-19-8-9-20-16-22(27(36-2)17-24(20)32-19)25-18-31-28(34-25)23(33-21-10-13-37-14-11-21)6-4-3-5-7-26(35)29-30-12-15-38-29/h8-9,12,15-18,21,23,33H,3-7,10-11,13-14H2,1-2H3,(H,31,34). The highest BCUT2D eigenvalue weighted by atomic mass is 16.5. The number of ketones is 1. The van der Waals surface area contributed by atoms with E-state index in [2.05, 4.69) is 32.4 Å². The van der Waals surface area contributed by atoms with E-state index < -0.39 is 0 Å². The second-order valence-electron chi connectivity index (χ2n) is 9.85. The highest BCUT2D eigenvalue weighted by molar-refractivity contribution is 5.91. The van der Waals surface area contributed by atoms with Crippen molar-refractivity contribution in [2.75, 3.05) is 20.3 Å². The predicted octanol–water partition coefficient (Wildman–Crippen LogP) is 5.57. The molecule has 0 aliphatic carbocycles. The number of aromatic amines is 1. The molecular formula is C29H35N5O4. The minimum atomic E-state index is -0.0442. The largest absolute Gasteiger partial charge is 0.496 e. The fourth-order valence-corrected chi connectivity index (χ4v) is 5.01. The van der Waals surface area contributed by atoms with Gasteiger partial charge in [-0.2, -0.15) is 0 Å². The number of oxazole rings is 1. The summed E-state index contributed by atoms with van der Waals surface area (Å²) in [6.45, 7) is 3.54. The predicted molar refractivity (Wildman–Crippen MR) is 144 cm³/mol. The van der Waals surface area contributed by atoms with E-state index in [1.54, 1.807) is 7.11 Å². The molecule has 3 aromatic heterocycles. The van der Waals surface area contributed by atoms with Crippen molar-refractivity contribution in [2.45, 2.75) is 64.0 Å². The zero-order valence-electron chi connectivity index (χ0n) is 22.0. The highest BCUT2D eigenvalue weighted by Gasteiger charge is 2.22. The molecule has 9 nitrogen and oxygen atoms in total. The Morgan fingerprint density at radius 3 is 2.84 bits per heavy atom. The second kappa shape index (κ2) is 12.3. The summed E-state index contributed by atoms with van der Waals surface area (Å²) in [5, 5.41) is 4.87. The number of Topliss-reactive ketones (excluding diaryl/α,β-unsaturated/α-hetero) is 1. The van der Waals surface area contributed by atoms with Crippen molar-refractivity contribution in [2.24, 2.45) is 0 Å². The molecule has 0 amide bonds. The van der Waals surface area contributed by atoms with Crippen molar-refractivity contribution < 1.29 is 18.7 Å². The maximum Gasteiger partial charge on any atom is 0.263 e.